The molecule has 14 aromatic carbocycles. The molecule has 4 heteroatoms. The monoisotopic (exact) mass is 1560 g/mol. The van der Waals surface area contributed by atoms with Crippen LogP contribution in [0.25, 0.3) is 110 Å². The van der Waals surface area contributed by atoms with E-state index in [2.05, 4.69) is 330 Å². The number of benzene rings is 14. The number of para-hydroxylation sites is 3. The van der Waals surface area contributed by atoms with Crippen molar-refractivity contribution in [2.24, 2.45) is 0 Å². The van der Waals surface area contributed by atoms with Gasteiger partial charge in [-0.05, 0) is 204 Å². The number of unbranched alkanes of at least 4 members (excludes halogenated alkanes) is 16. The lowest BCUT2D eigenvalue weighted by Gasteiger charge is -2.40. The van der Waals surface area contributed by atoms with Gasteiger partial charge in [-0.2, -0.15) is 0 Å². The minimum atomic E-state index is -0.816. The zero-order chi connectivity index (χ0) is 80.5. The van der Waals surface area contributed by atoms with Crippen molar-refractivity contribution in [1.82, 2.24) is 0 Å². The minimum Gasteiger partial charge on any atom is -0.456 e. The molecule has 120 heavy (non-hydrogen) atoms. The molecule has 596 valence electrons. The van der Waals surface area contributed by atoms with Gasteiger partial charge in [-0.3, -0.25) is 0 Å². The molecule has 4 nitrogen and oxygen atoms in total. The summed E-state index contributed by atoms with van der Waals surface area (Å²) in [5, 5.41) is 7.04. The summed E-state index contributed by atoms with van der Waals surface area (Å²) in [6.45, 7) is 9.49. The van der Waals surface area contributed by atoms with Crippen LogP contribution in [0, 0.1) is 0 Å². The summed E-state index contributed by atoms with van der Waals surface area (Å²) in [6.07, 6.45) is 29.0. The van der Waals surface area contributed by atoms with Crippen LogP contribution in [-0.2, 0) is 21.7 Å². The second kappa shape index (κ2) is 31.5. The van der Waals surface area contributed by atoms with Crippen LogP contribution in [-0.4, -0.2) is 0 Å². The highest BCUT2D eigenvalue weighted by Gasteiger charge is 2.56. The largest absolute Gasteiger partial charge is 0.456 e. The first kappa shape index (κ1) is 75.7. The Morgan fingerprint density at radius 2 is 0.625 bits per heavy atom. The third-order valence-corrected chi connectivity index (χ3v) is 29.0. The molecule has 0 aliphatic heterocycles. The standard InChI is InChI=1S/C116H109NO3/c1-5-9-13-17-41-69-113(70-42-18-14-10-6-2)94-57-37-33-54-88(94)109-111(113)110-107(108-91-56-36-40-60-102(91)120-112(108)109)89-66-63-82(73-96(89)114(110,71-43-19-15-11-7-3)72-44-20-16-12-8-4)117(84-62-65-87-86-53-34-38-58-100(86)119-104(87)75-84)83-61-64-85-92-76-99-93(77-98(92)116(97(85)74-83,80-49-29-23-30-50-80)81-51-31-24-32-52-81)105-95(67-68-103-106(105)90-55-35-39-59-101(90)118-103)115(99,78-45-25-21-26-46-78)79-47-27-22-28-48-79/h21-40,45-68,73-77H,5-20,41-44,69-72H2,1-4H3. The molecule has 21 rings (SSSR count). The van der Waals surface area contributed by atoms with E-state index in [4.69, 9.17) is 13.3 Å². The second-order valence-corrected chi connectivity index (χ2v) is 35.6. The fraction of sp³-hybridized carbons (Fsp3) is 0.276. The Hall–Kier alpha value is -11.7. The fourth-order valence-corrected chi connectivity index (χ4v) is 23.7. The quantitative estimate of drug-likeness (QED) is 0.0406. The van der Waals surface area contributed by atoms with Gasteiger partial charge in [0, 0.05) is 71.8 Å². The Morgan fingerprint density at radius 1 is 0.233 bits per heavy atom. The fourth-order valence-electron chi connectivity index (χ4n) is 23.7. The van der Waals surface area contributed by atoms with Crippen molar-refractivity contribution in [2.75, 3.05) is 4.90 Å². The molecular weight excluding hydrogens is 1460 g/mol. The summed E-state index contributed by atoms with van der Waals surface area (Å²) in [7, 11) is 0. The van der Waals surface area contributed by atoms with Crippen molar-refractivity contribution in [3.63, 3.8) is 0 Å². The highest BCUT2D eigenvalue weighted by atomic mass is 16.3. The van der Waals surface area contributed by atoms with E-state index in [1.165, 1.54) is 226 Å². The minimum absolute atomic E-state index is 0.212. The maximum atomic E-state index is 7.69. The SMILES string of the molecule is CCCCCCCC1(CCCCCCC)c2ccccc2-c2c1c1c(c3c2oc2ccccc23)-c2ccc(N(c3ccc4c(c3)C(c3ccccc3)(c3ccccc3)c3cc5c(cc3-4)C(c3ccccc3)(c3ccccc3)c3ccc4oc6ccccc6c4c3-5)c3ccc4c(c3)oc3ccccc34)cc2C1(CCCCCCC)CCCCCCC. The van der Waals surface area contributed by atoms with Crippen molar-refractivity contribution >= 4 is 82.9 Å². The Labute approximate surface area is 708 Å². The van der Waals surface area contributed by atoms with Crippen LogP contribution >= 0.6 is 0 Å². The number of nitrogens with zero attached hydrogens (tertiary/aromatic N) is 1. The molecule has 17 aromatic rings. The van der Waals surface area contributed by atoms with Crippen molar-refractivity contribution < 1.29 is 13.3 Å². The van der Waals surface area contributed by atoms with Crippen LogP contribution in [0.4, 0.5) is 17.1 Å². The molecule has 4 aliphatic carbocycles. The third kappa shape index (κ3) is 11.8. The average Bonchev–Trinajstić information content (AvgIpc) is 1.50. The number of fused-ring (bicyclic) bond motifs is 25. The molecule has 3 heterocycles. The number of rotatable bonds is 31. The third-order valence-electron chi connectivity index (χ3n) is 29.0. The molecule has 0 N–H and O–H groups in total. The zero-order valence-electron chi connectivity index (χ0n) is 70.4. The van der Waals surface area contributed by atoms with Crippen LogP contribution in [0.5, 0.6) is 0 Å². The van der Waals surface area contributed by atoms with Gasteiger partial charge in [-0.1, -0.05) is 375 Å². The molecule has 0 saturated carbocycles. The average molecular weight is 1570 g/mol. The van der Waals surface area contributed by atoms with Crippen molar-refractivity contribution in [1.29, 1.82) is 0 Å². The van der Waals surface area contributed by atoms with Gasteiger partial charge in [-0.15, -0.1) is 0 Å². The van der Waals surface area contributed by atoms with E-state index in [0.29, 0.717) is 0 Å². The smallest absolute Gasteiger partial charge is 0.144 e. The van der Waals surface area contributed by atoms with E-state index >= 15 is 0 Å². The van der Waals surface area contributed by atoms with Gasteiger partial charge in [0.25, 0.3) is 0 Å². The van der Waals surface area contributed by atoms with E-state index in [9.17, 15) is 0 Å². The van der Waals surface area contributed by atoms with Gasteiger partial charge in [0.1, 0.15) is 33.5 Å². The lowest BCUT2D eigenvalue weighted by Crippen LogP contribution is -2.33. The summed E-state index contributed by atoms with van der Waals surface area (Å²) >= 11 is 0. The Morgan fingerprint density at radius 3 is 1.19 bits per heavy atom. The van der Waals surface area contributed by atoms with Crippen LogP contribution in [0.3, 0.4) is 0 Å². The molecule has 0 saturated heterocycles. The van der Waals surface area contributed by atoms with Crippen molar-refractivity contribution in [3.8, 4) is 44.5 Å². The first-order valence-corrected chi connectivity index (χ1v) is 45.9. The Bertz CT molecular complexity index is 6580. The van der Waals surface area contributed by atoms with Gasteiger partial charge < -0.3 is 18.2 Å². The maximum Gasteiger partial charge on any atom is 0.144 e. The van der Waals surface area contributed by atoms with Gasteiger partial charge in [0.2, 0.25) is 0 Å². The number of hydrogen-bond acceptors (Lipinski definition) is 4. The predicted molar refractivity (Wildman–Crippen MR) is 504 cm³/mol. The Kier molecular flexibility index (Phi) is 19.8. The van der Waals surface area contributed by atoms with Crippen LogP contribution < -0.4 is 4.90 Å². The van der Waals surface area contributed by atoms with E-state index in [1.54, 1.807) is 11.1 Å². The predicted octanol–water partition coefficient (Wildman–Crippen LogP) is 33.6. The first-order valence-electron chi connectivity index (χ1n) is 45.9. The highest BCUT2D eigenvalue weighted by Crippen LogP contribution is 2.70. The van der Waals surface area contributed by atoms with E-state index in [1.807, 2.05) is 0 Å². The highest BCUT2D eigenvalue weighted by molar-refractivity contribution is 6.22. The van der Waals surface area contributed by atoms with E-state index in [0.717, 1.165) is 111 Å². The van der Waals surface area contributed by atoms with Crippen LogP contribution in [0.2, 0.25) is 0 Å². The van der Waals surface area contributed by atoms with Gasteiger partial charge in [-0.25, -0.2) is 0 Å². The van der Waals surface area contributed by atoms with Gasteiger partial charge in [0.15, 0.2) is 0 Å². The summed E-state index contributed by atoms with van der Waals surface area (Å²) in [5.74, 6) is 0. The topological polar surface area (TPSA) is 42.7 Å². The zero-order valence-corrected chi connectivity index (χ0v) is 70.4. The normalized spacial score (nSPS) is 14.6. The van der Waals surface area contributed by atoms with Gasteiger partial charge in [0.05, 0.1) is 10.8 Å². The molecule has 0 atom stereocenters. The lowest BCUT2D eigenvalue weighted by molar-refractivity contribution is 0.369. The summed E-state index contributed by atoms with van der Waals surface area (Å²) in [5.41, 5.74) is 33.5. The Balaban J connectivity index is 0.848. The summed E-state index contributed by atoms with van der Waals surface area (Å²) < 4.78 is 21.7. The molecule has 3 aromatic heterocycles. The molecule has 0 bridgehead atoms. The summed E-state index contributed by atoms with van der Waals surface area (Å²) in [4.78, 5) is 2.64. The van der Waals surface area contributed by atoms with Crippen molar-refractivity contribution in [3.05, 3.63) is 364 Å². The van der Waals surface area contributed by atoms with Gasteiger partial charge >= 0.3 is 0 Å². The second-order valence-electron chi connectivity index (χ2n) is 35.6. The number of hydrogen-bond donors (Lipinski definition) is 0. The van der Waals surface area contributed by atoms with E-state index in [-0.39, 0.29) is 10.8 Å². The lowest BCUT2D eigenvalue weighted by atomic mass is 9.62. The maximum absolute atomic E-state index is 7.69. The van der Waals surface area contributed by atoms with Crippen LogP contribution in [0.1, 0.15) is 249 Å². The number of furan rings is 3. The number of anilines is 3. The summed E-state index contributed by atoms with van der Waals surface area (Å²) in [6, 6.07) is 114. The first-order chi connectivity index (χ1) is 59.4. The van der Waals surface area contributed by atoms with E-state index < -0.39 is 10.8 Å². The molecule has 0 unspecified atom stereocenters. The van der Waals surface area contributed by atoms with Crippen LogP contribution in [0.15, 0.2) is 311 Å². The molecule has 0 spiro atoms. The molecule has 4 aliphatic rings. The van der Waals surface area contributed by atoms with Crippen molar-refractivity contribution in [2.45, 2.75) is 203 Å². The molecular formula is C116H109NO3. The molecule has 0 amide bonds. The molecule has 0 radical (unpaired) electrons. The molecule has 0 fully saturated rings.